The number of carbonyl (C=O) groups is 1. The molecule has 0 aromatic heterocycles. The number of carbonyl (C=O) groups excluding carboxylic acids is 1. The molecule has 8 heteroatoms. The molecule has 1 fully saturated rings. The Morgan fingerprint density at radius 3 is 2.41 bits per heavy atom. The zero-order chi connectivity index (χ0) is 19.4. The van der Waals surface area contributed by atoms with Gasteiger partial charge in [0.15, 0.2) is 0 Å². The number of hydrogen-bond donors (Lipinski definition) is 1. The van der Waals surface area contributed by atoms with Crippen molar-refractivity contribution in [2.75, 3.05) is 32.1 Å². The fourth-order valence-corrected chi connectivity index (χ4v) is 4.94. The largest absolute Gasteiger partial charge is 0.495 e. The van der Waals surface area contributed by atoms with E-state index in [1.807, 2.05) is 30.3 Å². The van der Waals surface area contributed by atoms with Crippen molar-refractivity contribution in [1.29, 1.82) is 0 Å². The lowest BCUT2D eigenvalue weighted by atomic mass is 10.2. The van der Waals surface area contributed by atoms with E-state index < -0.39 is 10.0 Å². The van der Waals surface area contributed by atoms with Crippen molar-refractivity contribution in [3.63, 3.8) is 0 Å². The molecule has 1 N–H and O–H groups in total. The number of methoxy groups -OCH3 is 1. The van der Waals surface area contributed by atoms with Crippen LogP contribution in [0.4, 0.5) is 10.5 Å². The maximum absolute atomic E-state index is 13.1. The SMILES string of the molecule is COc1ccccc1S(=O)(=O)N1CCN(C(=O)Nc2ccccc2)CC1C. The smallest absolute Gasteiger partial charge is 0.321 e. The van der Waals surface area contributed by atoms with Gasteiger partial charge in [0, 0.05) is 31.4 Å². The molecule has 1 saturated heterocycles. The quantitative estimate of drug-likeness (QED) is 0.872. The second kappa shape index (κ2) is 7.98. The van der Waals surface area contributed by atoms with Crippen LogP contribution in [0, 0.1) is 0 Å². The van der Waals surface area contributed by atoms with Crippen LogP contribution in [0.5, 0.6) is 5.75 Å². The van der Waals surface area contributed by atoms with Gasteiger partial charge in [-0.1, -0.05) is 30.3 Å². The molecule has 0 spiro atoms. The van der Waals surface area contributed by atoms with Crippen molar-refractivity contribution < 1.29 is 17.9 Å². The molecular formula is C19H23N3O4S. The Bertz CT molecular complexity index is 902. The molecule has 0 aliphatic carbocycles. The molecule has 2 aromatic rings. The number of hydrogen-bond acceptors (Lipinski definition) is 4. The summed E-state index contributed by atoms with van der Waals surface area (Å²) in [5.74, 6) is 0.314. The first kappa shape index (κ1) is 19.2. The summed E-state index contributed by atoms with van der Waals surface area (Å²) in [6.07, 6.45) is 0. The molecule has 1 aliphatic heterocycles. The van der Waals surface area contributed by atoms with E-state index in [-0.39, 0.29) is 23.5 Å². The summed E-state index contributed by atoms with van der Waals surface area (Å²) in [5.41, 5.74) is 0.708. The molecular weight excluding hydrogens is 366 g/mol. The van der Waals surface area contributed by atoms with E-state index in [4.69, 9.17) is 4.74 Å². The molecule has 2 aromatic carbocycles. The van der Waals surface area contributed by atoms with Crippen LogP contribution in [0.25, 0.3) is 0 Å². The summed E-state index contributed by atoms with van der Waals surface area (Å²) >= 11 is 0. The third-order valence-electron chi connectivity index (χ3n) is 4.53. The Morgan fingerprint density at radius 1 is 1.07 bits per heavy atom. The van der Waals surface area contributed by atoms with Gasteiger partial charge < -0.3 is 15.0 Å². The first-order valence-electron chi connectivity index (χ1n) is 8.69. The van der Waals surface area contributed by atoms with E-state index in [0.717, 1.165) is 0 Å². The molecule has 1 aliphatic rings. The summed E-state index contributed by atoms with van der Waals surface area (Å²) in [7, 11) is -2.26. The van der Waals surface area contributed by atoms with Gasteiger partial charge in [0.05, 0.1) is 7.11 Å². The lowest BCUT2D eigenvalue weighted by Gasteiger charge is -2.38. The summed E-state index contributed by atoms with van der Waals surface area (Å²) in [6.45, 7) is 2.66. The molecule has 1 unspecified atom stereocenters. The summed E-state index contributed by atoms with van der Waals surface area (Å²) in [5, 5.41) is 2.83. The van der Waals surface area contributed by atoms with Crippen LogP contribution in [-0.2, 0) is 10.0 Å². The van der Waals surface area contributed by atoms with Crippen LogP contribution in [-0.4, -0.2) is 56.4 Å². The van der Waals surface area contributed by atoms with Crippen LogP contribution in [0.3, 0.4) is 0 Å². The highest BCUT2D eigenvalue weighted by atomic mass is 32.2. The van der Waals surface area contributed by atoms with Gasteiger partial charge in [-0.2, -0.15) is 4.31 Å². The van der Waals surface area contributed by atoms with Crippen molar-refractivity contribution in [1.82, 2.24) is 9.21 Å². The Morgan fingerprint density at radius 2 is 1.74 bits per heavy atom. The summed E-state index contributed by atoms with van der Waals surface area (Å²) in [4.78, 5) is 14.2. The molecule has 0 bridgehead atoms. The number of piperazine rings is 1. The number of amides is 2. The molecule has 0 saturated carbocycles. The molecule has 2 amide bonds. The third-order valence-corrected chi connectivity index (χ3v) is 6.59. The molecule has 7 nitrogen and oxygen atoms in total. The van der Waals surface area contributed by atoms with E-state index in [0.29, 0.717) is 24.5 Å². The first-order valence-corrected chi connectivity index (χ1v) is 10.1. The number of ether oxygens (including phenoxy) is 1. The van der Waals surface area contributed by atoms with E-state index in [1.165, 1.54) is 17.5 Å². The monoisotopic (exact) mass is 389 g/mol. The second-order valence-corrected chi connectivity index (χ2v) is 8.22. The average molecular weight is 389 g/mol. The number of rotatable bonds is 4. The third kappa shape index (κ3) is 4.06. The minimum absolute atomic E-state index is 0.140. The van der Waals surface area contributed by atoms with Crippen LogP contribution in [0.15, 0.2) is 59.5 Å². The van der Waals surface area contributed by atoms with Crippen molar-refractivity contribution in [2.45, 2.75) is 17.9 Å². The Balaban J connectivity index is 1.72. The Hall–Kier alpha value is -2.58. The average Bonchev–Trinajstić information content (AvgIpc) is 2.68. The van der Waals surface area contributed by atoms with Crippen molar-refractivity contribution in [3.8, 4) is 5.75 Å². The number of nitrogens with one attached hydrogen (secondary N) is 1. The molecule has 3 rings (SSSR count). The van der Waals surface area contributed by atoms with Gasteiger partial charge >= 0.3 is 6.03 Å². The van der Waals surface area contributed by atoms with Crippen LogP contribution >= 0.6 is 0 Å². The van der Waals surface area contributed by atoms with Crippen LogP contribution in [0.2, 0.25) is 0 Å². The van der Waals surface area contributed by atoms with E-state index in [2.05, 4.69) is 5.32 Å². The van der Waals surface area contributed by atoms with Gasteiger partial charge in [-0.3, -0.25) is 0 Å². The number of para-hydroxylation sites is 2. The molecule has 1 heterocycles. The standard InChI is InChI=1S/C19H23N3O4S/c1-15-14-21(19(23)20-16-8-4-3-5-9-16)12-13-22(15)27(24,25)18-11-7-6-10-17(18)26-2/h3-11,15H,12-14H2,1-2H3,(H,20,23). The van der Waals surface area contributed by atoms with Crippen LogP contribution in [0.1, 0.15) is 6.92 Å². The molecule has 0 radical (unpaired) electrons. The highest BCUT2D eigenvalue weighted by Crippen LogP contribution is 2.28. The maximum atomic E-state index is 13.1. The van der Waals surface area contributed by atoms with Crippen molar-refractivity contribution in [2.24, 2.45) is 0 Å². The summed E-state index contributed by atoms with van der Waals surface area (Å²) < 4.78 is 32.8. The highest BCUT2D eigenvalue weighted by molar-refractivity contribution is 7.89. The number of urea groups is 1. The minimum Gasteiger partial charge on any atom is -0.495 e. The van der Waals surface area contributed by atoms with Gasteiger partial charge in [0.2, 0.25) is 10.0 Å². The Kier molecular flexibility index (Phi) is 5.67. The van der Waals surface area contributed by atoms with Crippen molar-refractivity contribution in [3.05, 3.63) is 54.6 Å². The van der Waals surface area contributed by atoms with Gasteiger partial charge in [0.1, 0.15) is 10.6 Å². The Labute approximate surface area is 159 Å². The van der Waals surface area contributed by atoms with Gasteiger partial charge in [-0.25, -0.2) is 13.2 Å². The lowest BCUT2D eigenvalue weighted by Crippen LogP contribution is -2.56. The maximum Gasteiger partial charge on any atom is 0.321 e. The number of anilines is 1. The fourth-order valence-electron chi connectivity index (χ4n) is 3.16. The predicted octanol–water partition coefficient (Wildman–Crippen LogP) is 2.62. The van der Waals surface area contributed by atoms with Gasteiger partial charge in [0.25, 0.3) is 0 Å². The van der Waals surface area contributed by atoms with E-state index >= 15 is 0 Å². The second-order valence-electron chi connectivity index (χ2n) is 6.36. The first-order chi connectivity index (χ1) is 12.9. The van der Waals surface area contributed by atoms with E-state index in [1.54, 1.807) is 30.0 Å². The number of nitrogens with zero attached hydrogens (tertiary/aromatic N) is 2. The van der Waals surface area contributed by atoms with Crippen LogP contribution < -0.4 is 10.1 Å². The molecule has 1 atom stereocenters. The predicted molar refractivity (Wildman–Crippen MR) is 103 cm³/mol. The van der Waals surface area contributed by atoms with Gasteiger partial charge in [-0.15, -0.1) is 0 Å². The normalized spacial score (nSPS) is 18.1. The zero-order valence-electron chi connectivity index (χ0n) is 15.3. The fraction of sp³-hybridized carbons (Fsp3) is 0.316. The highest BCUT2D eigenvalue weighted by Gasteiger charge is 2.36. The topological polar surface area (TPSA) is 79.0 Å². The van der Waals surface area contributed by atoms with E-state index in [9.17, 15) is 13.2 Å². The summed E-state index contributed by atoms with van der Waals surface area (Å²) in [6, 6.07) is 15.2. The lowest BCUT2D eigenvalue weighted by molar-refractivity contribution is 0.157. The molecule has 144 valence electrons. The zero-order valence-corrected chi connectivity index (χ0v) is 16.1. The molecule has 27 heavy (non-hydrogen) atoms. The number of benzene rings is 2. The minimum atomic E-state index is -3.71. The van der Waals surface area contributed by atoms with Gasteiger partial charge in [-0.05, 0) is 31.2 Å². The number of sulfonamides is 1. The van der Waals surface area contributed by atoms with Crippen molar-refractivity contribution >= 4 is 21.7 Å².